The highest BCUT2D eigenvalue weighted by atomic mass is 32.2. The van der Waals surface area contributed by atoms with Gasteiger partial charge >= 0.3 is 0 Å². The van der Waals surface area contributed by atoms with E-state index < -0.39 is 22.0 Å². The van der Waals surface area contributed by atoms with Crippen molar-refractivity contribution in [3.8, 4) is 5.75 Å². The number of benzene rings is 3. The van der Waals surface area contributed by atoms with Gasteiger partial charge in [-0.3, -0.25) is 13.9 Å². The van der Waals surface area contributed by atoms with Crippen LogP contribution in [-0.2, 0) is 20.2 Å². The molecule has 0 aliphatic carbocycles. The number of ketones is 1. The second-order valence-electron chi connectivity index (χ2n) is 9.59. The summed E-state index contributed by atoms with van der Waals surface area (Å²) in [6.45, 7) is 6.18. The van der Waals surface area contributed by atoms with E-state index in [1.54, 1.807) is 60.7 Å². The molecule has 1 amide bonds. The van der Waals surface area contributed by atoms with Gasteiger partial charge in [0.15, 0.2) is 11.9 Å². The smallest absolute Gasteiger partial charge is 0.267 e. The van der Waals surface area contributed by atoms with Crippen molar-refractivity contribution >= 4 is 33.1 Å². The number of amides is 1. The molecule has 1 heterocycles. The van der Waals surface area contributed by atoms with Crippen molar-refractivity contribution in [2.24, 2.45) is 0 Å². The van der Waals surface area contributed by atoms with E-state index in [-0.39, 0.29) is 17.7 Å². The summed E-state index contributed by atoms with van der Waals surface area (Å²) >= 11 is 0. The molecule has 0 saturated heterocycles. The first-order chi connectivity index (χ1) is 16.4. The van der Waals surface area contributed by atoms with Crippen LogP contribution < -0.4 is 14.4 Å². The average Bonchev–Trinajstić information content (AvgIpc) is 2.82. The molecular formula is C27H28N2O5S. The summed E-state index contributed by atoms with van der Waals surface area (Å²) in [7, 11) is -3.61. The lowest BCUT2D eigenvalue weighted by molar-refractivity contribution is -0.122. The topological polar surface area (TPSA) is 92.8 Å². The van der Waals surface area contributed by atoms with Crippen LogP contribution in [0.2, 0.25) is 0 Å². The number of carbonyl (C=O) groups excluding carboxylic acids is 2. The van der Waals surface area contributed by atoms with Crippen LogP contribution in [-0.4, -0.2) is 39.0 Å². The zero-order valence-electron chi connectivity index (χ0n) is 20.1. The Morgan fingerprint density at radius 3 is 2.29 bits per heavy atom. The van der Waals surface area contributed by atoms with E-state index in [4.69, 9.17) is 4.74 Å². The molecule has 1 atom stereocenters. The van der Waals surface area contributed by atoms with Gasteiger partial charge in [0.1, 0.15) is 5.75 Å². The molecule has 0 radical (unpaired) electrons. The monoisotopic (exact) mass is 492 g/mol. The first-order valence-corrected chi connectivity index (χ1v) is 13.1. The maximum atomic E-state index is 13.0. The molecule has 7 nitrogen and oxygen atoms in total. The van der Waals surface area contributed by atoms with E-state index in [2.05, 4.69) is 26.1 Å². The third-order valence-electron chi connectivity index (χ3n) is 5.83. The van der Waals surface area contributed by atoms with Crippen LogP contribution in [0.15, 0.2) is 72.8 Å². The van der Waals surface area contributed by atoms with Crippen molar-refractivity contribution in [1.82, 2.24) is 0 Å². The van der Waals surface area contributed by atoms with E-state index in [1.165, 1.54) is 0 Å². The average molecular weight is 493 g/mol. The van der Waals surface area contributed by atoms with Crippen molar-refractivity contribution in [3.63, 3.8) is 0 Å². The van der Waals surface area contributed by atoms with Gasteiger partial charge in [-0.05, 0) is 35.2 Å². The SMILES string of the molecule is CC(C)(C)c1ccc(C(=O)c2cccc(NC(=O)[C@@H]3CN(S(C)(=O)=O)c4ccccc4O3)c2)cc1. The van der Waals surface area contributed by atoms with Crippen molar-refractivity contribution in [1.29, 1.82) is 0 Å². The molecule has 8 heteroatoms. The fraction of sp³-hybridized carbons (Fsp3) is 0.259. The molecule has 0 aromatic heterocycles. The maximum absolute atomic E-state index is 13.0. The quantitative estimate of drug-likeness (QED) is 0.534. The Morgan fingerprint density at radius 2 is 1.63 bits per heavy atom. The maximum Gasteiger partial charge on any atom is 0.267 e. The van der Waals surface area contributed by atoms with Gasteiger partial charge in [-0.15, -0.1) is 0 Å². The zero-order valence-corrected chi connectivity index (χ0v) is 20.9. The van der Waals surface area contributed by atoms with Gasteiger partial charge in [-0.25, -0.2) is 8.42 Å². The number of nitrogens with one attached hydrogen (secondary N) is 1. The normalized spacial score (nSPS) is 15.7. The minimum Gasteiger partial charge on any atom is -0.476 e. The van der Waals surface area contributed by atoms with E-state index in [9.17, 15) is 18.0 Å². The van der Waals surface area contributed by atoms with Gasteiger partial charge in [-0.1, -0.05) is 69.3 Å². The number of ether oxygens (including phenoxy) is 1. The minimum atomic E-state index is -3.61. The second kappa shape index (κ2) is 9.19. The minimum absolute atomic E-state index is 0.0137. The van der Waals surface area contributed by atoms with E-state index in [1.807, 2.05) is 12.1 Å². The lowest BCUT2D eigenvalue weighted by Crippen LogP contribution is -2.48. The molecule has 3 aromatic rings. The number of anilines is 2. The molecule has 3 aromatic carbocycles. The number of hydrogen-bond acceptors (Lipinski definition) is 5. The largest absolute Gasteiger partial charge is 0.476 e. The van der Waals surface area contributed by atoms with Gasteiger partial charge in [0.2, 0.25) is 10.0 Å². The summed E-state index contributed by atoms with van der Waals surface area (Å²) in [5.74, 6) is -0.355. The van der Waals surface area contributed by atoms with Crippen molar-refractivity contribution < 1.29 is 22.7 Å². The van der Waals surface area contributed by atoms with Gasteiger partial charge < -0.3 is 10.1 Å². The Kier molecular flexibility index (Phi) is 6.42. The summed E-state index contributed by atoms with van der Waals surface area (Å²) in [5, 5.41) is 2.75. The summed E-state index contributed by atoms with van der Waals surface area (Å²) in [5.41, 5.74) is 2.91. The summed E-state index contributed by atoms with van der Waals surface area (Å²) in [6.07, 6.45) is 0.0385. The van der Waals surface area contributed by atoms with Gasteiger partial charge in [0.05, 0.1) is 18.5 Å². The fourth-order valence-electron chi connectivity index (χ4n) is 3.90. The molecule has 1 aliphatic rings. The number of sulfonamides is 1. The molecule has 182 valence electrons. The Labute approximate surface area is 205 Å². The van der Waals surface area contributed by atoms with Crippen LogP contribution in [0.5, 0.6) is 5.75 Å². The van der Waals surface area contributed by atoms with Crippen LogP contribution in [0.4, 0.5) is 11.4 Å². The van der Waals surface area contributed by atoms with Gasteiger partial charge in [0.25, 0.3) is 5.91 Å². The van der Waals surface area contributed by atoms with E-state index >= 15 is 0 Å². The van der Waals surface area contributed by atoms with Crippen LogP contribution in [0, 0.1) is 0 Å². The second-order valence-corrected chi connectivity index (χ2v) is 11.5. The number of nitrogens with zero attached hydrogens (tertiary/aromatic N) is 1. The van der Waals surface area contributed by atoms with Crippen LogP contribution in [0.3, 0.4) is 0 Å². The third kappa shape index (κ3) is 5.38. The number of carbonyl (C=O) groups is 2. The van der Waals surface area contributed by atoms with Crippen LogP contribution in [0.25, 0.3) is 0 Å². The highest BCUT2D eigenvalue weighted by Gasteiger charge is 2.35. The number of para-hydroxylation sites is 2. The van der Waals surface area contributed by atoms with Crippen molar-refractivity contribution in [2.45, 2.75) is 32.3 Å². The van der Waals surface area contributed by atoms with Gasteiger partial charge in [-0.2, -0.15) is 0 Å². The molecule has 4 rings (SSSR count). The zero-order chi connectivity index (χ0) is 25.4. The van der Waals surface area contributed by atoms with E-state index in [0.29, 0.717) is 28.3 Å². The molecule has 0 fully saturated rings. The Bertz CT molecular complexity index is 1380. The molecule has 35 heavy (non-hydrogen) atoms. The molecule has 0 spiro atoms. The van der Waals surface area contributed by atoms with Crippen LogP contribution in [0.1, 0.15) is 42.3 Å². The van der Waals surface area contributed by atoms with Crippen LogP contribution >= 0.6 is 0 Å². The summed E-state index contributed by atoms with van der Waals surface area (Å²) < 4.78 is 31.6. The number of fused-ring (bicyclic) bond motifs is 1. The Balaban J connectivity index is 1.52. The van der Waals surface area contributed by atoms with Gasteiger partial charge in [0, 0.05) is 16.8 Å². The molecule has 0 bridgehead atoms. The molecule has 0 unspecified atom stereocenters. The standard InChI is InChI=1S/C27H28N2O5S/c1-27(2,3)20-14-12-18(13-15-20)25(30)19-8-7-9-21(16-19)28-26(31)24-17-29(35(4,32)33)22-10-5-6-11-23(22)34-24/h5-16,24H,17H2,1-4H3,(H,28,31)/t24-/m0/s1. The Hall–Kier alpha value is -3.65. The molecular weight excluding hydrogens is 464 g/mol. The van der Waals surface area contributed by atoms with Crippen molar-refractivity contribution in [3.05, 3.63) is 89.5 Å². The lowest BCUT2D eigenvalue weighted by Gasteiger charge is -2.33. The first-order valence-electron chi connectivity index (χ1n) is 11.2. The molecule has 1 aliphatic heterocycles. The predicted octanol–water partition coefficient (Wildman–Crippen LogP) is 4.38. The summed E-state index contributed by atoms with van der Waals surface area (Å²) in [4.78, 5) is 26.0. The predicted molar refractivity (Wildman–Crippen MR) is 137 cm³/mol. The van der Waals surface area contributed by atoms with E-state index in [0.717, 1.165) is 16.1 Å². The fourth-order valence-corrected chi connectivity index (χ4v) is 4.82. The molecule has 1 N–H and O–H groups in total. The highest BCUT2D eigenvalue weighted by Crippen LogP contribution is 2.35. The highest BCUT2D eigenvalue weighted by molar-refractivity contribution is 7.92. The molecule has 0 saturated carbocycles. The summed E-state index contributed by atoms with van der Waals surface area (Å²) in [6, 6.07) is 20.8. The number of hydrogen-bond donors (Lipinski definition) is 1. The lowest BCUT2D eigenvalue weighted by atomic mass is 9.86. The first kappa shape index (κ1) is 24.5. The number of rotatable bonds is 5. The third-order valence-corrected chi connectivity index (χ3v) is 6.98. The van der Waals surface area contributed by atoms with Crippen molar-refractivity contribution in [2.75, 3.05) is 22.4 Å². The Morgan fingerprint density at radius 1 is 0.943 bits per heavy atom.